The number of rotatable bonds is 4. The van der Waals surface area contributed by atoms with E-state index in [1.165, 1.54) is 19.1 Å². The molecular formula is C11H11ClFNO3. The third-order valence-electron chi connectivity index (χ3n) is 2.09. The summed E-state index contributed by atoms with van der Waals surface area (Å²) in [4.78, 5) is 21.6. The molecule has 92 valence electrons. The van der Waals surface area contributed by atoms with Gasteiger partial charge in [-0.05, 0) is 12.1 Å². The van der Waals surface area contributed by atoms with E-state index in [9.17, 15) is 14.0 Å². The molecule has 0 bridgehead atoms. The van der Waals surface area contributed by atoms with E-state index in [1.54, 1.807) is 0 Å². The van der Waals surface area contributed by atoms with Crippen molar-refractivity contribution >= 4 is 23.5 Å². The normalized spacial score (nSPS) is 11.9. The number of carboxylic acid groups (broad SMARTS) is 1. The van der Waals surface area contributed by atoms with E-state index >= 15 is 0 Å². The lowest BCUT2D eigenvalue weighted by Gasteiger charge is -2.17. The molecule has 1 atom stereocenters. The lowest BCUT2D eigenvalue weighted by atomic mass is 10.0. The minimum Gasteiger partial charge on any atom is -0.481 e. The highest BCUT2D eigenvalue weighted by Crippen LogP contribution is 2.23. The Labute approximate surface area is 102 Å². The first kappa shape index (κ1) is 13.4. The molecule has 2 N–H and O–H groups in total. The molecule has 1 aromatic carbocycles. The predicted molar refractivity (Wildman–Crippen MR) is 60.2 cm³/mol. The first-order chi connectivity index (χ1) is 7.90. The maximum absolute atomic E-state index is 13.6. The standard InChI is InChI=1S/C11H11ClFNO3/c1-6(15)14-10(5-11(16)17)8-3-2-7(12)4-9(8)13/h2-4,10H,5H2,1H3,(H,14,15)(H,16,17)/t10-/m0/s1. The van der Waals surface area contributed by atoms with Crippen molar-refractivity contribution < 1.29 is 19.1 Å². The first-order valence-electron chi connectivity index (χ1n) is 4.84. The average Bonchev–Trinajstić information content (AvgIpc) is 2.14. The van der Waals surface area contributed by atoms with Gasteiger partial charge < -0.3 is 10.4 Å². The van der Waals surface area contributed by atoms with Crippen LogP contribution in [0.25, 0.3) is 0 Å². The maximum atomic E-state index is 13.6. The molecule has 1 rings (SSSR count). The third-order valence-corrected chi connectivity index (χ3v) is 2.33. The van der Waals surface area contributed by atoms with Gasteiger partial charge in [-0.2, -0.15) is 0 Å². The zero-order chi connectivity index (χ0) is 13.0. The summed E-state index contributed by atoms with van der Waals surface area (Å²) in [5.74, 6) is -2.19. The number of benzene rings is 1. The van der Waals surface area contributed by atoms with Crippen molar-refractivity contribution in [3.05, 3.63) is 34.6 Å². The van der Waals surface area contributed by atoms with Gasteiger partial charge in [-0.15, -0.1) is 0 Å². The zero-order valence-corrected chi connectivity index (χ0v) is 9.79. The second-order valence-electron chi connectivity index (χ2n) is 3.52. The van der Waals surface area contributed by atoms with Crippen LogP contribution < -0.4 is 5.32 Å². The van der Waals surface area contributed by atoms with Gasteiger partial charge in [0.15, 0.2) is 0 Å². The fraction of sp³-hybridized carbons (Fsp3) is 0.273. The molecule has 0 radical (unpaired) electrons. The summed E-state index contributed by atoms with van der Waals surface area (Å²) >= 11 is 5.59. The van der Waals surface area contributed by atoms with E-state index in [0.29, 0.717) is 0 Å². The zero-order valence-electron chi connectivity index (χ0n) is 9.04. The van der Waals surface area contributed by atoms with Crippen molar-refractivity contribution in [1.29, 1.82) is 0 Å². The Kier molecular flexibility index (Phi) is 4.45. The molecule has 0 saturated carbocycles. The summed E-state index contributed by atoms with van der Waals surface area (Å²) in [7, 11) is 0. The summed E-state index contributed by atoms with van der Waals surface area (Å²) in [6.45, 7) is 1.24. The van der Waals surface area contributed by atoms with Gasteiger partial charge in [-0.3, -0.25) is 9.59 Å². The molecule has 0 unspecified atom stereocenters. The van der Waals surface area contributed by atoms with E-state index in [4.69, 9.17) is 16.7 Å². The number of carboxylic acids is 1. The van der Waals surface area contributed by atoms with Crippen LogP contribution in [-0.4, -0.2) is 17.0 Å². The molecule has 0 saturated heterocycles. The topological polar surface area (TPSA) is 66.4 Å². The fourth-order valence-electron chi connectivity index (χ4n) is 1.44. The Bertz CT molecular complexity index is 434. The predicted octanol–water partition coefficient (Wildman–Crippen LogP) is 2.13. The third kappa shape index (κ3) is 4.03. The van der Waals surface area contributed by atoms with Crippen LogP contribution in [0.15, 0.2) is 18.2 Å². The average molecular weight is 260 g/mol. The van der Waals surface area contributed by atoms with Gasteiger partial charge in [0.25, 0.3) is 0 Å². The van der Waals surface area contributed by atoms with E-state index in [2.05, 4.69) is 5.32 Å². The molecular weight excluding hydrogens is 249 g/mol. The van der Waals surface area contributed by atoms with Crippen molar-refractivity contribution in [3.8, 4) is 0 Å². The monoisotopic (exact) mass is 259 g/mol. The summed E-state index contributed by atoms with van der Waals surface area (Å²) in [5, 5.41) is 11.3. The molecule has 0 aliphatic carbocycles. The van der Waals surface area contributed by atoms with Crippen molar-refractivity contribution in [2.24, 2.45) is 0 Å². The molecule has 6 heteroatoms. The number of carbonyl (C=O) groups is 2. The second-order valence-corrected chi connectivity index (χ2v) is 3.95. The quantitative estimate of drug-likeness (QED) is 0.870. The minimum atomic E-state index is -1.13. The van der Waals surface area contributed by atoms with Crippen molar-refractivity contribution in [1.82, 2.24) is 5.32 Å². The van der Waals surface area contributed by atoms with Gasteiger partial charge in [0.1, 0.15) is 5.82 Å². The van der Waals surface area contributed by atoms with Crippen LogP contribution in [0.3, 0.4) is 0 Å². The Morgan fingerprint density at radius 2 is 2.18 bits per heavy atom. The van der Waals surface area contributed by atoms with Crippen LogP contribution in [-0.2, 0) is 9.59 Å². The van der Waals surface area contributed by atoms with Crippen molar-refractivity contribution in [3.63, 3.8) is 0 Å². The summed E-state index contributed by atoms with van der Waals surface area (Å²) in [6.07, 6.45) is -0.391. The summed E-state index contributed by atoms with van der Waals surface area (Å²) in [5.41, 5.74) is 0.104. The van der Waals surface area contributed by atoms with Crippen molar-refractivity contribution in [2.75, 3.05) is 0 Å². The number of aliphatic carboxylic acids is 1. The van der Waals surface area contributed by atoms with Crippen LogP contribution in [0.1, 0.15) is 24.9 Å². The molecule has 0 aromatic heterocycles. The first-order valence-corrected chi connectivity index (χ1v) is 5.21. The van der Waals surface area contributed by atoms with Crippen LogP contribution in [0.2, 0.25) is 5.02 Å². The number of nitrogens with one attached hydrogen (secondary N) is 1. The summed E-state index contributed by atoms with van der Waals surface area (Å²) < 4.78 is 13.6. The van der Waals surface area contributed by atoms with E-state index in [-0.39, 0.29) is 10.6 Å². The van der Waals surface area contributed by atoms with Gasteiger partial charge in [-0.25, -0.2) is 4.39 Å². The smallest absolute Gasteiger partial charge is 0.305 e. The highest BCUT2D eigenvalue weighted by molar-refractivity contribution is 6.30. The lowest BCUT2D eigenvalue weighted by molar-refractivity contribution is -0.137. The Morgan fingerprint density at radius 1 is 1.53 bits per heavy atom. The van der Waals surface area contributed by atoms with Gasteiger partial charge in [0.05, 0.1) is 12.5 Å². The molecule has 1 amide bonds. The van der Waals surface area contributed by atoms with Gasteiger partial charge in [0.2, 0.25) is 5.91 Å². The van der Waals surface area contributed by atoms with E-state index < -0.39 is 30.2 Å². The van der Waals surface area contributed by atoms with Gasteiger partial charge in [-0.1, -0.05) is 17.7 Å². The largest absolute Gasteiger partial charge is 0.481 e. The second kappa shape index (κ2) is 5.63. The molecule has 0 heterocycles. The highest BCUT2D eigenvalue weighted by atomic mass is 35.5. The van der Waals surface area contributed by atoms with Gasteiger partial charge in [0, 0.05) is 17.5 Å². The van der Waals surface area contributed by atoms with Crippen molar-refractivity contribution in [2.45, 2.75) is 19.4 Å². The van der Waals surface area contributed by atoms with E-state index in [0.717, 1.165) is 6.07 Å². The minimum absolute atomic E-state index is 0.104. The van der Waals surface area contributed by atoms with Crippen LogP contribution in [0.4, 0.5) is 4.39 Å². The molecule has 0 aliphatic heterocycles. The molecule has 4 nitrogen and oxygen atoms in total. The highest BCUT2D eigenvalue weighted by Gasteiger charge is 2.19. The maximum Gasteiger partial charge on any atom is 0.305 e. The Morgan fingerprint density at radius 3 is 2.65 bits per heavy atom. The fourth-order valence-corrected chi connectivity index (χ4v) is 1.60. The lowest BCUT2D eigenvalue weighted by Crippen LogP contribution is -2.28. The van der Waals surface area contributed by atoms with E-state index in [1.807, 2.05) is 0 Å². The number of halogens is 2. The molecule has 0 spiro atoms. The molecule has 1 aromatic rings. The van der Waals surface area contributed by atoms with Crippen LogP contribution in [0.5, 0.6) is 0 Å². The Hall–Kier alpha value is -1.62. The SMILES string of the molecule is CC(=O)N[C@@H](CC(=O)O)c1ccc(Cl)cc1F. The number of amides is 1. The number of hydrogen-bond acceptors (Lipinski definition) is 2. The Balaban J connectivity index is 3.02. The number of hydrogen-bond donors (Lipinski definition) is 2. The van der Waals surface area contributed by atoms with Crippen LogP contribution >= 0.6 is 11.6 Å². The molecule has 0 aliphatic rings. The summed E-state index contributed by atoms with van der Waals surface area (Å²) in [6, 6.07) is 2.98. The van der Waals surface area contributed by atoms with Crippen LogP contribution in [0, 0.1) is 5.82 Å². The molecule has 0 fully saturated rings. The molecule has 17 heavy (non-hydrogen) atoms. The van der Waals surface area contributed by atoms with Gasteiger partial charge >= 0.3 is 5.97 Å². The number of carbonyl (C=O) groups excluding carboxylic acids is 1.